The first-order chi connectivity index (χ1) is 11.2. The molecule has 4 rings (SSSR count). The van der Waals surface area contributed by atoms with E-state index < -0.39 is 6.61 Å². The summed E-state index contributed by atoms with van der Waals surface area (Å²) in [5.74, 6) is 1.21. The van der Waals surface area contributed by atoms with Gasteiger partial charge in [0.25, 0.3) is 0 Å². The number of hydrogen-bond acceptors (Lipinski definition) is 5. The molecule has 1 fully saturated rings. The molecule has 8 heteroatoms. The lowest BCUT2D eigenvalue weighted by molar-refractivity contribution is -0.0498. The summed E-state index contributed by atoms with van der Waals surface area (Å²) in [5.41, 5.74) is 2.48. The van der Waals surface area contributed by atoms with Crippen LogP contribution >= 0.6 is 0 Å². The molecule has 23 heavy (non-hydrogen) atoms. The number of aromatic amines is 1. The Hall–Kier alpha value is -2.77. The third-order valence-corrected chi connectivity index (χ3v) is 3.87. The molecule has 1 saturated carbocycles. The molecule has 1 aromatic carbocycles. The molecular weight excluding hydrogens is 304 g/mol. The van der Waals surface area contributed by atoms with Crippen molar-refractivity contribution in [1.29, 1.82) is 0 Å². The number of ether oxygens (including phenoxy) is 1. The smallest absolute Gasteiger partial charge is 0.387 e. The zero-order valence-corrected chi connectivity index (χ0v) is 11.9. The average Bonchev–Trinajstić information content (AvgIpc) is 3.12. The molecule has 0 bridgehead atoms. The SMILES string of the molecule is FC(F)Oc1ccc([C@@H]2C[C@H]2Nc2ncnc3nc[nH]c23)cc1. The highest BCUT2D eigenvalue weighted by Gasteiger charge is 2.39. The second-order valence-corrected chi connectivity index (χ2v) is 5.36. The fraction of sp³-hybridized carbons (Fsp3) is 0.267. The minimum Gasteiger partial charge on any atom is -0.435 e. The third-order valence-electron chi connectivity index (χ3n) is 3.87. The zero-order chi connectivity index (χ0) is 15.8. The van der Waals surface area contributed by atoms with Crippen LogP contribution in [0.3, 0.4) is 0 Å². The van der Waals surface area contributed by atoms with Gasteiger partial charge in [-0.15, -0.1) is 0 Å². The fourth-order valence-corrected chi connectivity index (χ4v) is 2.67. The van der Waals surface area contributed by atoms with Gasteiger partial charge >= 0.3 is 6.61 Å². The number of benzene rings is 1. The van der Waals surface area contributed by atoms with E-state index in [-0.39, 0.29) is 11.8 Å². The highest BCUT2D eigenvalue weighted by atomic mass is 19.3. The van der Waals surface area contributed by atoms with Crippen molar-refractivity contribution in [1.82, 2.24) is 19.9 Å². The lowest BCUT2D eigenvalue weighted by Crippen LogP contribution is -2.07. The summed E-state index contributed by atoms with van der Waals surface area (Å²) in [6, 6.07) is 7.01. The Morgan fingerprint density at radius 1 is 1.17 bits per heavy atom. The first-order valence-corrected chi connectivity index (χ1v) is 7.16. The Morgan fingerprint density at radius 2 is 2.00 bits per heavy atom. The van der Waals surface area contributed by atoms with Crippen LogP contribution in [0.5, 0.6) is 5.75 Å². The maximum absolute atomic E-state index is 12.1. The van der Waals surface area contributed by atoms with Gasteiger partial charge in [-0.3, -0.25) is 0 Å². The van der Waals surface area contributed by atoms with Gasteiger partial charge in [0.05, 0.1) is 6.33 Å². The van der Waals surface area contributed by atoms with E-state index in [1.165, 1.54) is 6.33 Å². The van der Waals surface area contributed by atoms with Crippen molar-refractivity contribution < 1.29 is 13.5 Å². The molecule has 2 aromatic heterocycles. The lowest BCUT2D eigenvalue weighted by atomic mass is 10.1. The van der Waals surface area contributed by atoms with E-state index in [0.29, 0.717) is 11.6 Å². The standard InChI is InChI=1S/C15H13F2N5O/c16-15(17)23-9-3-1-8(2-4-9)10-5-11(10)22-14-12-13(19-6-18-12)20-7-21-14/h1-4,6-7,10-11,15H,5H2,(H2,18,19,20,21,22)/t10-,11+/m0/s1. The molecule has 1 aliphatic carbocycles. The van der Waals surface area contributed by atoms with Crippen molar-refractivity contribution in [3.8, 4) is 5.75 Å². The number of imidazole rings is 1. The fourth-order valence-electron chi connectivity index (χ4n) is 2.67. The Labute approximate surface area is 129 Å². The molecule has 0 unspecified atom stereocenters. The number of halogens is 2. The minimum absolute atomic E-state index is 0.170. The van der Waals surface area contributed by atoms with Crippen LogP contribution in [0, 0.1) is 0 Å². The van der Waals surface area contributed by atoms with Gasteiger partial charge in [0, 0.05) is 12.0 Å². The molecule has 2 N–H and O–H groups in total. The predicted octanol–water partition coefficient (Wildman–Crippen LogP) is 2.92. The number of anilines is 1. The molecule has 3 aromatic rings. The van der Waals surface area contributed by atoms with Crippen LogP contribution in [-0.2, 0) is 0 Å². The summed E-state index contributed by atoms with van der Waals surface area (Å²) in [5, 5.41) is 3.37. The van der Waals surface area contributed by atoms with E-state index in [1.807, 2.05) is 12.1 Å². The minimum atomic E-state index is -2.80. The highest BCUT2D eigenvalue weighted by molar-refractivity contribution is 5.82. The van der Waals surface area contributed by atoms with Gasteiger partial charge in [0.2, 0.25) is 0 Å². The molecule has 0 saturated heterocycles. The monoisotopic (exact) mass is 317 g/mol. The van der Waals surface area contributed by atoms with Gasteiger partial charge in [-0.25, -0.2) is 15.0 Å². The Kier molecular flexibility index (Phi) is 3.29. The van der Waals surface area contributed by atoms with Crippen LogP contribution in [0.1, 0.15) is 17.9 Å². The largest absolute Gasteiger partial charge is 0.435 e. The van der Waals surface area contributed by atoms with Gasteiger partial charge < -0.3 is 15.0 Å². The Balaban J connectivity index is 1.45. The lowest BCUT2D eigenvalue weighted by Gasteiger charge is -2.07. The molecule has 6 nitrogen and oxygen atoms in total. The third kappa shape index (κ3) is 2.79. The van der Waals surface area contributed by atoms with Gasteiger partial charge in [0.15, 0.2) is 11.5 Å². The van der Waals surface area contributed by atoms with Crippen molar-refractivity contribution in [3.63, 3.8) is 0 Å². The maximum atomic E-state index is 12.1. The first-order valence-electron chi connectivity index (χ1n) is 7.16. The number of nitrogens with zero attached hydrogens (tertiary/aromatic N) is 3. The molecule has 0 radical (unpaired) electrons. The summed E-state index contributed by atoms with van der Waals surface area (Å²) < 4.78 is 28.6. The van der Waals surface area contributed by atoms with Crippen molar-refractivity contribution in [2.75, 3.05) is 5.32 Å². The van der Waals surface area contributed by atoms with E-state index >= 15 is 0 Å². The molecule has 0 amide bonds. The number of H-pyrrole nitrogens is 1. The van der Waals surface area contributed by atoms with Gasteiger partial charge in [-0.05, 0) is 24.1 Å². The zero-order valence-electron chi connectivity index (χ0n) is 11.9. The molecule has 1 aliphatic rings. The predicted molar refractivity (Wildman–Crippen MR) is 79.5 cm³/mol. The maximum Gasteiger partial charge on any atom is 0.387 e. The van der Waals surface area contributed by atoms with Crippen LogP contribution in [0.25, 0.3) is 11.2 Å². The van der Waals surface area contributed by atoms with E-state index in [4.69, 9.17) is 0 Å². The molecule has 118 valence electrons. The van der Waals surface area contributed by atoms with Crippen LogP contribution in [0.2, 0.25) is 0 Å². The van der Waals surface area contributed by atoms with Crippen LogP contribution in [0.15, 0.2) is 36.9 Å². The van der Waals surface area contributed by atoms with Crippen molar-refractivity contribution in [2.24, 2.45) is 0 Å². The van der Waals surface area contributed by atoms with E-state index in [9.17, 15) is 8.78 Å². The Morgan fingerprint density at radius 3 is 2.78 bits per heavy atom. The molecule has 2 atom stereocenters. The summed E-state index contributed by atoms with van der Waals surface area (Å²) in [4.78, 5) is 15.4. The van der Waals surface area contributed by atoms with Crippen LogP contribution < -0.4 is 10.1 Å². The molecule has 0 spiro atoms. The number of aromatic nitrogens is 4. The summed E-state index contributed by atoms with van der Waals surface area (Å²) in [6.07, 6.45) is 4.00. The van der Waals surface area contributed by atoms with Gasteiger partial charge in [0.1, 0.15) is 17.6 Å². The van der Waals surface area contributed by atoms with Gasteiger partial charge in [-0.2, -0.15) is 8.78 Å². The average molecular weight is 317 g/mol. The van der Waals surface area contributed by atoms with E-state index in [2.05, 4.69) is 30.0 Å². The first kappa shape index (κ1) is 13.9. The summed E-state index contributed by atoms with van der Waals surface area (Å²) in [6.45, 7) is -2.80. The Bertz CT molecular complexity index is 820. The van der Waals surface area contributed by atoms with Crippen LogP contribution in [-0.4, -0.2) is 32.6 Å². The molecular formula is C15H13F2N5O. The van der Waals surface area contributed by atoms with Crippen molar-refractivity contribution in [3.05, 3.63) is 42.5 Å². The molecule has 2 heterocycles. The number of alkyl halides is 2. The number of fused-ring (bicyclic) bond motifs is 1. The number of nitrogens with one attached hydrogen (secondary N) is 2. The van der Waals surface area contributed by atoms with Crippen molar-refractivity contribution >= 4 is 17.0 Å². The number of rotatable bonds is 5. The quantitative estimate of drug-likeness (QED) is 0.757. The second-order valence-electron chi connectivity index (χ2n) is 5.36. The van der Waals surface area contributed by atoms with E-state index in [0.717, 1.165) is 23.3 Å². The normalized spacial score (nSPS) is 20.0. The summed E-state index contributed by atoms with van der Waals surface area (Å²) >= 11 is 0. The topological polar surface area (TPSA) is 75.7 Å². The second kappa shape index (κ2) is 5.45. The van der Waals surface area contributed by atoms with Crippen LogP contribution in [0.4, 0.5) is 14.6 Å². The summed E-state index contributed by atoms with van der Waals surface area (Å²) in [7, 11) is 0. The number of hydrogen-bond donors (Lipinski definition) is 2. The van der Waals surface area contributed by atoms with Gasteiger partial charge in [-0.1, -0.05) is 12.1 Å². The van der Waals surface area contributed by atoms with E-state index in [1.54, 1.807) is 18.5 Å². The molecule has 0 aliphatic heterocycles. The highest BCUT2D eigenvalue weighted by Crippen LogP contribution is 2.43. The van der Waals surface area contributed by atoms with Crippen molar-refractivity contribution in [2.45, 2.75) is 25.0 Å².